The molecule has 0 aliphatic heterocycles. The number of fused-ring (bicyclic) bond motifs is 1. The minimum absolute atomic E-state index is 0.127. The first kappa shape index (κ1) is 15.6. The standard InChI is InChI=1S/C19H15ClN4O/c1-12(13-6-3-2-4-7-13)18(25)23-19-21-15-10-11-16(20)22-17(15)24(19)14-8-5-9-14/h2-12H,1H3,(H,21,23,25). The molecule has 1 aliphatic carbocycles. The van der Waals surface area contributed by atoms with Crippen molar-refractivity contribution in [2.24, 2.45) is 0 Å². The lowest BCUT2D eigenvalue weighted by Crippen LogP contribution is -2.21. The van der Waals surface area contributed by atoms with Crippen LogP contribution in [-0.4, -0.2) is 20.4 Å². The quantitative estimate of drug-likeness (QED) is 0.716. The number of allylic oxidation sites excluding steroid dienone is 4. The predicted octanol–water partition coefficient (Wildman–Crippen LogP) is 4.24. The molecule has 1 aromatic carbocycles. The van der Waals surface area contributed by atoms with Crippen molar-refractivity contribution in [2.75, 3.05) is 5.32 Å². The van der Waals surface area contributed by atoms with Crippen molar-refractivity contribution in [2.45, 2.75) is 12.8 Å². The summed E-state index contributed by atoms with van der Waals surface area (Å²) in [6.45, 7) is 1.87. The number of carbonyl (C=O) groups is 1. The van der Waals surface area contributed by atoms with Gasteiger partial charge >= 0.3 is 0 Å². The van der Waals surface area contributed by atoms with E-state index in [1.165, 1.54) is 0 Å². The van der Waals surface area contributed by atoms with E-state index in [1.54, 1.807) is 16.7 Å². The normalized spacial score (nSPS) is 14.1. The van der Waals surface area contributed by atoms with Crippen LogP contribution >= 0.6 is 11.6 Å². The third kappa shape index (κ3) is 2.83. The molecule has 0 saturated heterocycles. The van der Waals surface area contributed by atoms with Crippen molar-refractivity contribution in [1.82, 2.24) is 14.5 Å². The fraction of sp³-hybridized carbons (Fsp3) is 0.105. The fourth-order valence-corrected chi connectivity index (χ4v) is 2.85. The molecule has 25 heavy (non-hydrogen) atoms. The summed E-state index contributed by atoms with van der Waals surface area (Å²) in [6.07, 6.45) is 5.78. The van der Waals surface area contributed by atoms with Crippen LogP contribution in [0.5, 0.6) is 0 Å². The molecule has 2 heterocycles. The first-order valence-corrected chi connectivity index (χ1v) is 8.31. The van der Waals surface area contributed by atoms with Gasteiger partial charge in [-0.25, -0.2) is 9.97 Å². The SMILES string of the molecule is CC(C(=O)Nc1nc2ccc(Cl)nc2n1C1=CC=C1)c1ccccc1. The van der Waals surface area contributed by atoms with Gasteiger partial charge in [-0.15, -0.1) is 0 Å². The van der Waals surface area contributed by atoms with Gasteiger partial charge < -0.3 is 0 Å². The summed E-state index contributed by atoms with van der Waals surface area (Å²) in [6, 6.07) is 13.1. The van der Waals surface area contributed by atoms with E-state index in [2.05, 4.69) is 15.3 Å². The Morgan fingerprint density at radius 2 is 1.92 bits per heavy atom. The third-order valence-corrected chi connectivity index (χ3v) is 4.40. The number of hydrogen-bond acceptors (Lipinski definition) is 3. The fourth-order valence-electron chi connectivity index (χ4n) is 2.71. The van der Waals surface area contributed by atoms with E-state index >= 15 is 0 Å². The average molecular weight is 351 g/mol. The zero-order chi connectivity index (χ0) is 17.4. The van der Waals surface area contributed by atoms with Crippen LogP contribution < -0.4 is 5.32 Å². The maximum atomic E-state index is 12.7. The molecule has 1 unspecified atom stereocenters. The Balaban J connectivity index is 1.70. The number of aromatic nitrogens is 3. The molecule has 1 N–H and O–H groups in total. The van der Waals surface area contributed by atoms with E-state index in [4.69, 9.17) is 11.6 Å². The first-order chi connectivity index (χ1) is 12.1. The predicted molar refractivity (Wildman–Crippen MR) is 99.4 cm³/mol. The molecule has 0 bridgehead atoms. The molecule has 0 spiro atoms. The van der Waals surface area contributed by atoms with Crippen LogP contribution in [-0.2, 0) is 4.79 Å². The molecule has 1 atom stereocenters. The zero-order valence-electron chi connectivity index (χ0n) is 13.5. The van der Waals surface area contributed by atoms with Gasteiger partial charge in [0.2, 0.25) is 11.9 Å². The Labute approximate surface area is 149 Å². The summed E-state index contributed by atoms with van der Waals surface area (Å²) in [5, 5.41) is 3.30. The molecule has 1 amide bonds. The number of pyridine rings is 1. The molecule has 124 valence electrons. The van der Waals surface area contributed by atoms with Gasteiger partial charge in [-0.05, 0) is 36.8 Å². The van der Waals surface area contributed by atoms with Crippen LogP contribution in [0.1, 0.15) is 18.4 Å². The Kier molecular flexibility index (Phi) is 3.86. The summed E-state index contributed by atoms with van der Waals surface area (Å²) < 4.78 is 1.80. The highest BCUT2D eigenvalue weighted by molar-refractivity contribution is 6.29. The molecule has 5 nitrogen and oxygen atoms in total. The zero-order valence-corrected chi connectivity index (χ0v) is 14.2. The molecule has 0 saturated carbocycles. The number of amides is 1. The number of imidazole rings is 1. The van der Waals surface area contributed by atoms with Gasteiger partial charge in [0, 0.05) is 0 Å². The summed E-state index contributed by atoms with van der Waals surface area (Å²) in [4.78, 5) is 21.5. The van der Waals surface area contributed by atoms with E-state index < -0.39 is 0 Å². The van der Waals surface area contributed by atoms with Gasteiger partial charge in [-0.2, -0.15) is 0 Å². The smallest absolute Gasteiger partial charge is 0.233 e. The molecule has 2 aromatic heterocycles. The van der Waals surface area contributed by atoms with Crippen LogP contribution in [0.15, 0.2) is 60.7 Å². The lowest BCUT2D eigenvalue weighted by Gasteiger charge is -2.15. The second-order valence-corrected chi connectivity index (χ2v) is 6.21. The second-order valence-electron chi connectivity index (χ2n) is 5.82. The van der Waals surface area contributed by atoms with Crippen LogP contribution in [0.4, 0.5) is 5.95 Å². The number of rotatable bonds is 4. The third-order valence-electron chi connectivity index (χ3n) is 4.19. The number of benzene rings is 1. The molecular formula is C19H15ClN4O. The minimum Gasteiger partial charge on any atom is -0.295 e. The molecule has 3 aromatic rings. The largest absolute Gasteiger partial charge is 0.295 e. The van der Waals surface area contributed by atoms with Crippen LogP contribution in [0, 0.1) is 0 Å². The monoisotopic (exact) mass is 350 g/mol. The number of carbonyl (C=O) groups excluding carboxylic acids is 1. The molecule has 0 radical (unpaired) electrons. The second kappa shape index (κ2) is 6.18. The van der Waals surface area contributed by atoms with E-state index in [1.807, 2.05) is 55.5 Å². The van der Waals surface area contributed by atoms with Gasteiger partial charge in [0.25, 0.3) is 0 Å². The summed E-state index contributed by atoms with van der Waals surface area (Å²) >= 11 is 6.02. The van der Waals surface area contributed by atoms with E-state index in [-0.39, 0.29) is 11.8 Å². The Hall–Kier alpha value is -2.92. The van der Waals surface area contributed by atoms with Crippen molar-refractivity contribution < 1.29 is 4.79 Å². The van der Waals surface area contributed by atoms with Crippen LogP contribution in [0.3, 0.4) is 0 Å². The Bertz CT molecular complexity index is 1020. The average Bonchev–Trinajstić information content (AvgIpc) is 2.91. The lowest BCUT2D eigenvalue weighted by molar-refractivity contribution is -0.117. The van der Waals surface area contributed by atoms with Gasteiger partial charge in [0.15, 0.2) is 5.65 Å². The van der Waals surface area contributed by atoms with E-state index in [0.717, 1.165) is 11.3 Å². The number of anilines is 1. The van der Waals surface area contributed by atoms with Gasteiger partial charge in [-0.1, -0.05) is 48.0 Å². The van der Waals surface area contributed by atoms with Gasteiger partial charge in [0.05, 0.1) is 11.6 Å². The number of halogens is 1. The maximum absolute atomic E-state index is 12.7. The summed E-state index contributed by atoms with van der Waals surface area (Å²) in [5.74, 6) is 0.0165. The molecular weight excluding hydrogens is 336 g/mol. The number of hydrogen-bond donors (Lipinski definition) is 1. The van der Waals surface area contributed by atoms with Crippen molar-refractivity contribution in [3.8, 4) is 0 Å². The van der Waals surface area contributed by atoms with Gasteiger partial charge in [-0.3, -0.25) is 14.7 Å². The minimum atomic E-state index is -0.295. The van der Waals surface area contributed by atoms with E-state index in [9.17, 15) is 4.79 Å². The number of nitrogens with zero attached hydrogens (tertiary/aromatic N) is 3. The molecule has 4 rings (SSSR count). The molecule has 0 fully saturated rings. The Morgan fingerprint density at radius 1 is 1.16 bits per heavy atom. The topological polar surface area (TPSA) is 59.8 Å². The van der Waals surface area contributed by atoms with Crippen molar-refractivity contribution in [3.63, 3.8) is 0 Å². The van der Waals surface area contributed by atoms with Crippen LogP contribution in [0.2, 0.25) is 5.15 Å². The maximum Gasteiger partial charge on any atom is 0.233 e. The molecule has 1 aliphatic rings. The Morgan fingerprint density at radius 3 is 2.60 bits per heavy atom. The molecule has 6 heteroatoms. The summed E-state index contributed by atoms with van der Waals surface area (Å²) in [5.41, 5.74) is 3.14. The highest BCUT2D eigenvalue weighted by Crippen LogP contribution is 2.28. The van der Waals surface area contributed by atoms with Crippen molar-refractivity contribution in [3.05, 3.63) is 71.4 Å². The van der Waals surface area contributed by atoms with E-state index in [0.29, 0.717) is 22.3 Å². The lowest BCUT2D eigenvalue weighted by atomic mass is 10.0. The van der Waals surface area contributed by atoms with Gasteiger partial charge in [0.1, 0.15) is 10.7 Å². The first-order valence-electron chi connectivity index (χ1n) is 7.93. The van der Waals surface area contributed by atoms with Crippen molar-refractivity contribution in [1.29, 1.82) is 0 Å². The highest BCUT2D eigenvalue weighted by Gasteiger charge is 2.21. The number of nitrogens with one attached hydrogen (secondary N) is 1. The summed E-state index contributed by atoms with van der Waals surface area (Å²) in [7, 11) is 0. The highest BCUT2D eigenvalue weighted by atomic mass is 35.5. The van der Waals surface area contributed by atoms with Crippen molar-refractivity contribution >= 4 is 40.3 Å². The van der Waals surface area contributed by atoms with Crippen LogP contribution in [0.25, 0.3) is 16.9 Å².